The highest BCUT2D eigenvalue weighted by molar-refractivity contribution is 5.47. The summed E-state index contributed by atoms with van der Waals surface area (Å²) in [6.45, 7) is 6.07. The van der Waals surface area contributed by atoms with Crippen LogP contribution >= 0.6 is 0 Å². The predicted molar refractivity (Wildman–Crippen MR) is 61.2 cm³/mol. The summed E-state index contributed by atoms with van der Waals surface area (Å²) >= 11 is 0. The number of benzene rings is 1. The van der Waals surface area contributed by atoms with Crippen LogP contribution in [0, 0.1) is 10.1 Å². The van der Waals surface area contributed by atoms with Gasteiger partial charge in [-0.25, -0.2) is 0 Å². The number of nitro groups is 1. The highest BCUT2D eigenvalue weighted by Gasteiger charge is 2.15. The summed E-state index contributed by atoms with van der Waals surface area (Å²) in [5.74, 6) is 0. The number of hydrogen-bond donors (Lipinski definition) is 0. The van der Waals surface area contributed by atoms with Gasteiger partial charge in [-0.05, 0) is 36.5 Å². The molecule has 1 rings (SSSR count). The molecule has 0 bridgehead atoms. The number of hydrogen-bond acceptors (Lipinski definition) is 2. The Bertz CT molecular complexity index is 372. The van der Waals surface area contributed by atoms with Crippen molar-refractivity contribution in [3.63, 3.8) is 0 Å². The van der Waals surface area contributed by atoms with Crippen molar-refractivity contribution in [2.45, 2.75) is 40.0 Å². The van der Waals surface area contributed by atoms with Gasteiger partial charge in [0.2, 0.25) is 0 Å². The van der Waals surface area contributed by atoms with E-state index < -0.39 is 0 Å². The zero-order chi connectivity index (χ0) is 11.4. The van der Waals surface area contributed by atoms with Gasteiger partial charge in [-0.3, -0.25) is 10.1 Å². The second kappa shape index (κ2) is 4.91. The van der Waals surface area contributed by atoms with Crippen LogP contribution in [0.3, 0.4) is 0 Å². The van der Waals surface area contributed by atoms with Gasteiger partial charge in [0.15, 0.2) is 0 Å². The molecule has 3 nitrogen and oxygen atoms in total. The van der Waals surface area contributed by atoms with Gasteiger partial charge in [0.1, 0.15) is 0 Å². The first-order valence-corrected chi connectivity index (χ1v) is 5.43. The first kappa shape index (κ1) is 11.7. The number of aryl methyl sites for hydroxylation is 3. The topological polar surface area (TPSA) is 43.1 Å². The van der Waals surface area contributed by atoms with Crippen molar-refractivity contribution < 1.29 is 4.92 Å². The molecule has 0 spiro atoms. The van der Waals surface area contributed by atoms with Gasteiger partial charge in [0, 0.05) is 11.6 Å². The van der Waals surface area contributed by atoms with E-state index in [2.05, 4.69) is 6.92 Å². The van der Waals surface area contributed by atoms with Crippen molar-refractivity contribution in [3.8, 4) is 0 Å². The fourth-order valence-electron chi connectivity index (χ4n) is 1.84. The average molecular weight is 207 g/mol. The molecular weight excluding hydrogens is 190 g/mol. The maximum Gasteiger partial charge on any atom is 0.272 e. The van der Waals surface area contributed by atoms with Crippen LogP contribution < -0.4 is 0 Å². The monoisotopic (exact) mass is 207 g/mol. The van der Waals surface area contributed by atoms with Crippen molar-refractivity contribution in [2.75, 3.05) is 0 Å². The summed E-state index contributed by atoms with van der Waals surface area (Å²) in [7, 11) is 0. The molecule has 0 N–H and O–H groups in total. The van der Waals surface area contributed by atoms with Crippen molar-refractivity contribution in [2.24, 2.45) is 0 Å². The second-order valence-electron chi connectivity index (χ2n) is 3.57. The van der Waals surface area contributed by atoms with Crippen molar-refractivity contribution in [3.05, 3.63) is 38.9 Å². The molecule has 0 saturated heterocycles. The molecule has 0 aliphatic carbocycles. The Hall–Kier alpha value is -1.38. The molecule has 82 valence electrons. The fraction of sp³-hybridized carbons (Fsp3) is 0.500. The number of nitrogens with zero attached hydrogens (tertiary/aromatic N) is 1. The predicted octanol–water partition coefficient (Wildman–Crippen LogP) is 3.28. The minimum atomic E-state index is -0.280. The Balaban J connectivity index is 3.34. The maximum absolute atomic E-state index is 10.9. The minimum Gasteiger partial charge on any atom is -0.258 e. The van der Waals surface area contributed by atoms with E-state index in [9.17, 15) is 10.1 Å². The largest absolute Gasteiger partial charge is 0.272 e. The first-order valence-electron chi connectivity index (χ1n) is 5.43. The molecule has 1 aromatic rings. The van der Waals surface area contributed by atoms with Crippen LogP contribution in [-0.4, -0.2) is 4.92 Å². The van der Waals surface area contributed by atoms with Gasteiger partial charge in [0.25, 0.3) is 5.69 Å². The lowest BCUT2D eigenvalue weighted by molar-refractivity contribution is -0.385. The summed E-state index contributed by atoms with van der Waals surface area (Å²) in [6, 6.07) is 3.72. The summed E-state index contributed by atoms with van der Waals surface area (Å²) < 4.78 is 0. The molecule has 0 saturated carbocycles. The van der Waals surface area contributed by atoms with Gasteiger partial charge < -0.3 is 0 Å². The Labute approximate surface area is 90.3 Å². The number of nitro benzene ring substituents is 1. The van der Waals surface area contributed by atoms with E-state index in [4.69, 9.17) is 0 Å². The zero-order valence-electron chi connectivity index (χ0n) is 9.54. The molecule has 0 aliphatic heterocycles. The van der Waals surface area contributed by atoms with Crippen LogP contribution in [-0.2, 0) is 19.3 Å². The summed E-state index contributed by atoms with van der Waals surface area (Å²) in [4.78, 5) is 10.6. The van der Waals surface area contributed by atoms with Crippen LogP contribution in [0.1, 0.15) is 37.5 Å². The van der Waals surface area contributed by atoms with Gasteiger partial charge in [0.05, 0.1) is 4.92 Å². The highest BCUT2D eigenvalue weighted by atomic mass is 16.6. The Morgan fingerprint density at radius 3 is 1.87 bits per heavy atom. The summed E-state index contributed by atoms with van der Waals surface area (Å²) in [6.07, 6.45) is 2.51. The standard InChI is InChI=1S/C12H17NO2/c1-4-9-7-11(6-3)12(13(14)15)8-10(9)5-2/h7-8H,4-6H2,1-3H3. The van der Waals surface area contributed by atoms with Gasteiger partial charge >= 0.3 is 0 Å². The molecule has 0 radical (unpaired) electrons. The maximum atomic E-state index is 10.9. The molecular formula is C12H17NO2. The molecule has 0 aliphatic rings. The number of rotatable bonds is 4. The quantitative estimate of drug-likeness (QED) is 0.561. The van der Waals surface area contributed by atoms with Crippen LogP contribution in [0.2, 0.25) is 0 Å². The lowest BCUT2D eigenvalue weighted by atomic mass is 9.97. The summed E-state index contributed by atoms with van der Waals surface area (Å²) in [5.41, 5.74) is 3.45. The summed E-state index contributed by atoms with van der Waals surface area (Å²) in [5, 5.41) is 10.9. The van der Waals surface area contributed by atoms with E-state index in [1.165, 1.54) is 5.56 Å². The van der Waals surface area contributed by atoms with Crippen molar-refractivity contribution in [1.29, 1.82) is 0 Å². The molecule has 0 amide bonds. The van der Waals surface area contributed by atoms with E-state index in [1.54, 1.807) is 6.07 Å². The molecule has 0 heterocycles. The van der Waals surface area contributed by atoms with E-state index in [1.807, 2.05) is 19.9 Å². The smallest absolute Gasteiger partial charge is 0.258 e. The van der Waals surface area contributed by atoms with Gasteiger partial charge in [-0.15, -0.1) is 0 Å². The Kier molecular flexibility index (Phi) is 3.83. The molecule has 0 aromatic heterocycles. The van der Waals surface area contributed by atoms with Crippen molar-refractivity contribution in [1.82, 2.24) is 0 Å². The van der Waals surface area contributed by atoms with Crippen LogP contribution in [0.4, 0.5) is 5.69 Å². The molecule has 1 aromatic carbocycles. The molecule has 0 unspecified atom stereocenters. The van der Waals surface area contributed by atoms with Crippen molar-refractivity contribution >= 4 is 5.69 Å². The van der Waals surface area contributed by atoms with E-state index >= 15 is 0 Å². The second-order valence-corrected chi connectivity index (χ2v) is 3.57. The van der Waals surface area contributed by atoms with E-state index in [-0.39, 0.29) is 10.6 Å². The lowest BCUT2D eigenvalue weighted by Crippen LogP contribution is -2.00. The van der Waals surface area contributed by atoms with Gasteiger partial charge in [-0.1, -0.05) is 20.8 Å². The third-order valence-electron chi connectivity index (χ3n) is 2.74. The normalized spacial score (nSPS) is 10.3. The fourth-order valence-corrected chi connectivity index (χ4v) is 1.84. The van der Waals surface area contributed by atoms with Crippen LogP contribution in [0.15, 0.2) is 12.1 Å². The average Bonchev–Trinajstić information content (AvgIpc) is 2.26. The van der Waals surface area contributed by atoms with Gasteiger partial charge in [-0.2, -0.15) is 0 Å². The molecule has 3 heteroatoms. The third-order valence-corrected chi connectivity index (χ3v) is 2.74. The highest BCUT2D eigenvalue weighted by Crippen LogP contribution is 2.25. The van der Waals surface area contributed by atoms with E-state index in [0.29, 0.717) is 6.42 Å². The molecule has 0 fully saturated rings. The van der Waals surface area contributed by atoms with E-state index in [0.717, 1.165) is 24.0 Å². The third kappa shape index (κ3) is 2.35. The first-order chi connectivity index (χ1) is 7.13. The minimum absolute atomic E-state index is 0.270. The Morgan fingerprint density at radius 1 is 1.00 bits per heavy atom. The van der Waals surface area contributed by atoms with Crippen LogP contribution in [0.25, 0.3) is 0 Å². The lowest BCUT2D eigenvalue weighted by Gasteiger charge is -2.08. The zero-order valence-corrected chi connectivity index (χ0v) is 9.54. The SMILES string of the molecule is CCc1cc(CC)c([N+](=O)[O-])cc1CC. The molecule has 0 atom stereocenters. The van der Waals surface area contributed by atoms with Crippen LogP contribution in [0.5, 0.6) is 0 Å². The Morgan fingerprint density at radius 2 is 1.47 bits per heavy atom. The molecule has 15 heavy (non-hydrogen) atoms.